The fraction of sp³-hybridized carbons (Fsp3) is 0.0435. The summed E-state index contributed by atoms with van der Waals surface area (Å²) in [6.45, 7) is 0. The van der Waals surface area contributed by atoms with Crippen LogP contribution < -0.4 is 5.32 Å². The second-order valence-corrected chi connectivity index (χ2v) is 8.45. The maximum atomic E-state index is 12.7. The van der Waals surface area contributed by atoms with Crippen LogP contribution in [0.5, 0.6) is 0 Å². The molecule has 2 aromatic heterocycles. The van der Waals surface area contributed by atoms with E-state index in [-0.39, 0.29) is 21.4 Å². The molecule has 2 aromatic carbocycles. The number of halogens is 1. The monoisotopic (exact) mass is 490 g/mol. The summed E-state index contributed by atoms with van der Waals surface area (Å²) in [5, 5.41) is 32.4. The summed E-state index contributed by atoms with van der Waals surface area (Å²) in [5.74, 6) is -0.632. The van der Waals surface area contributed by atoms with Crippen molar-refractivity contribution in [2.45, 2.75) is 6.42 Å². The molecule has 0 radical (unpaired) electrons. The number of hydrogen-bond donors (Lipinski definition) is 1. The summed E-state index contributed by atoms with van der Waals surface area (Å²) >= 11 is 7.46. The number of aromatic nitrogens is 3. The van der Waals surface area contributed by atoms with Crippen LogP contribution in [0.25, 0.3) is 11.8 Å². The number of nitro benzene ring substituents is 1. The van der Waals surface area contributed by atoms with Crippen molar-refractivity contribution in [2.75, 3.05) is 5.32 Å². The van der Waals surface area contributed by atoms with E-state index < -0.39 is 10.8 Å². The van der Waals surface area contributed by atoms with Gasteiger partial charge in [-0.1, -0.05) is 53.3 Å². The number of nitrogens with one attached hydrogen (secondary N) is 1. The lowest BCUT2D eigenvalue weighted by molar-refractivity contribution is -0.384. The zero-order chi connectivity index (χ0) is 24.1. The predicted molar refractivity (Wildman–Crippen MR) is 129 cm³/mol. The molecule has 0 unspecified atom stereocenters. The van der Waals surface area contributed by atoms with Crippen molar-refractivity contribution < 1.29 is 9.72 Å². The Morgan fingerprint density at radius 2 is 2.00 bits per heavy atom. The third-order valence-corrected chi connectivity index (χ3v) is 5.87. The quantitative estimate of drug-likeness (QED) is 0.167. The molecule has 11 heteroatoms. The van der Waals surface area contributed by atoms with E-state index in [9.17, 15) is 20.2 Å². The first-order valence-electron chi connectivity index (χ1n) is 9.85. The number of nitro groups is 1. The van der Waals surface area contributed by atoms with Crippen LogP contribution in [0, 0.1) is 21.4 Å². The second-order valence-electron chi connectivity index (χ2n) is 6.98. The molecule has 0 spiro atoms. The number of nitriles is 1. The van der Waals surface area contributed by atoms with Gasteiger partial charge in [-0.3, -0.25) is 20.2 Å². The largest absolute Gasteiger partial charge is 0.316 e. The fourth-order valence-electron chi connectivity index (χ4n) is 3.14. The number of carbonyl (C=O) groups excluding carboxylic acids is 1. The molecule has 0 aliphatic rings. The van der Waals surface area contributed by atoms with Gasteiger partial charge in [-0.05, 0) is 29.8 Å². The van der Waals surface area contributed by atoms with Crippen LogP contribution in [-0.2, 0) is 11.2 Å². The number of rotatable bonds is 7. The van der Waals surface area contributed by atoms with E-state index in [1.165, 1.54) is 35.6 Å². The maximum Gasteiger partial charge on any atom is 0.271 e. The molecule has 0 aliphatic carbocycles. The fourth-order valence-corrected chi connectivity index (χ4v) is 4.18. The molecule has 4 aromatic rings. The van der Waals surface area contributed by atoms with Crippen molar-refractivity contribution in [1.29, 1.82) is 5.26 Å². The highest BCUT2D eigenvalue weighted by molar-refractivity contribution is 7.15. The van der Waals surface area contributed by atoms with Gasteiger partial charge in [0.05, 0.1) is 15.6 Å². The van der Waals surface area contributed by atoms with E-state index in [2.05, 4.69) is 15.5 Å². The molecule has 2 heterocycles. The molecule has 0 saturated carbocycles. The Kier molecular flexibility index (Phi) is 6.77. The number of benzene rings is 2. The summed E-state index contributed by atoms with van der Waals surface area (Å²) in [5.41, 5.74) is 1.73. The highest BCUT2D eigenvalue weighted by Gasteiger charge is 2.16. The van der Waals surface area contributed by atoms with Gasteiger partial charge in [-0.2, -0.15) is 5.26 Å². The van der Waals surface area contributed by atoms with Gasteiger partial charge in [0.1, 0.15) is 16.6 Å². The van der Waals surface area contributed by atoms with Crippen LogP contribution in [-0.4, -0.2) is 25.6 Å². The lowest BCUT2D eigenvalue weighted by Crippen LogP contribution is -2.13. The van der Waals surface area contributed by atoms with Gasteiger partial charge in [-0.15, -0.1) is 10.2 Å². The molecule has 0 fully saturated rings. The van der Waals surface area contributed by atoms with Gasteiger partial charge in [0, 0.05) is 30.4 Å². The van der Waals surface area contributed by atoms with Crippen LogP contribution in [0.4, 0.5) is 10.8 Å². The molecule has 34 heavy (non-hydrogen) atoms. The van der Waals surface area contributed by atoms with Gasteiger partial charge < -0.3 is 4.57 Å². The minimum absolute atomic E-state index is 0.140. The zero-order valence-corrected chi connectivity index (χ0v) is 19.0. The van der Waals surface area contributed by atoms with Crippen LogP contribution in [0.3, 0.4) is 0 Å². The molecule has 9 nitrogen and oxygen atoms in total. The van der Waals surface area contributed by atoms with Crippen LogP contribution in [0.15, 0.2) is 72.4 Å². The number of carbonyl (C=O) groups is 1. The normalized spacial score (nSPS) is 11.1. The average molecular weight is 491 g/mol. The van der Waals surface area contributed by atoms with E-state index in [0.717, 1.165) is 10.6 Å². The average Bonchev–Trinajstić information content (AvgIpc) is 3.47. The van der Waals surface area contributed by atoms with E-state index in [4.69, 9.17) is 11.6 Å². The molecule has 1 amide bonds. The zero-order valence-electron chi connectivity index (χ0n) is 17.4. The highest BCUT2D eigenvalue weighted by Crippen LogP contribution is 2.28. The first-order valence-corrected chi connectivity index (χ1v) is 11.0. The van der Waals surface area contributed by atoms with Crippen LogP contribution >= 0.6 is 22.9 Å². The lowest BCUT2D eigenvalue weighted by atomic mass is 10.2. The minimum atomic E-state index is -0.632. The van der Waals surface area contributed by atoms with Gasteiger partial charge >= 0.3 is 0 Å². The Bertz CT molecular complexity index is 1440. The number of anilines is 1. The summed E-state index contributed by atoms with van der Waals surface area (Å²) < 4.78 is 1.62. The molecular formula is C23H15ClN6O3S. The molecule has 1 N–H and O–H groups in total. The third-order valence-electron chi connectivity index (χ3n) is 4.72. The first-order chi connectivity index (χ1) is 16.4. The molecule has 4 rings (SSSR count). The van der Waals surface area contributed by atoms with Crippen molar-refractivity contribution in [2.24, 2.45) is 0 Å². The Balaban J connectivity index is 1.53. The van der Waals surface area contributed by atoms with E-state index in [1.807, 2.05) is 36.4 Å². The van der Waals surface area contributed by atoms with Gasteiger partial charge in [0.15, 0.2) is 0 Å². The lowest BCUT2D eigenvalue weighted by Gasteiger charge is -2.09. The van der Waals surface area contributed by atoms with Crippen LogP contribution in [0.1, 0.15) is 16.3 Å². The molecule has 0 atom stereocenters. The highest BCUT2D eigenvalue weighted by atomic mass is 35.5. The molecule has 0 aliphatic heterocycles. The SMILES string of the molecule is N#CC(=Cc1cccn1-c1ccc([N+](=O)[O-])cc1Cl)C(=O)Nc1nnc(Cc2ccccc2)s1. The minimum Gasteiger partial charge on any atom is -0.316 e. The van der Waals surface area contributed by atoms with Crippen molar-refractivity contribution in [3.63, 3.8) is 0 Å². The standard InChI is InChI=1S/C23H15ClN6O3S/c24-19-13-18(30(32)33)8-9-20(19)29-10-4-7-17(29)12-16(14-25)22(31)26-23-28-27-21(34-23)11-15-5-2-1-3-6-15/h1-10,12-13H,11H2,(H,26,28,31). The summed E-state index contributed by atoms with van der Waals surface area (Å²) in [4.78, 5) is 23.1. The van der Waals surface area contributed by atoms with E-state index in [1.54, 1.807) is 22.9 Å². The smallest absolute Gasteiger partial charge is 0.271 e. The van der Waals surface area contributed by atoms with E-state index in [0.29, 0.717) is 17.8 Å². The summed E-state index contributed by atoms with van der Waals surface area (Å²) in [7, 11) is 0. The Morgan fingerprint density at radius 3 is 2.71 bits per heavy atom. The summed E-state index contributed by atoms with van der Waals surface area (Å²) in [6, 6.07) is 19.1. The van der Waals surface area contributed by atoms with Crippen molar-refractivity contribution in [1.82, 2.24) is 14.8 Å². The number of non-ortho nitro benzene ring substituents is 1. The van der Waals surface area contributed by atoms with Crippen LogP contribution in [0.2, 0.25) is 5.02 Å². The Labute approximate surface area is 202 Å². The van der Waals surface area contributed by atoms with Gasteiger partial charge in [-0.25, -0.2) is 0 Å². The molecular weight excluding hydrogens is 476 g/mol. The third kappa shape index (κ3) is 5.17. The van der Waals surface area contributed by atoms with Crippen molar-refractivity contribution in [3.05, 3.63) is 104 Å². The van der Waals surface area contributed by atoms with Crippen molar-refractivity contribution >= 4 is 45.7 Å². The Hall–Kier alpha value is -4.33. The topological polar surface area (TPSA) is 127 Å². The predicted octanol–water partition coefficient (Wildman–Crippen LogP) is 5.03. The van der Waals surface area contributed by atoms with E-state index >= 15 is 0 Å². The maximum absolute atomic E-state index is 12.7. The number of nitrogens with zero attached hydrogens (tertiary/aromatic N) is 5. The molecule has 168 valence electrons. The first kappa shape index (κ1) is 22.8. The number of hydrogen-bond acceptors (Lipinski definition) is 7. The van der Waals surface area contributed by atoms with Gasteiger partial charge in [0.25, 0.3) is 11.6 Å². The van der Waals surface area contributed by atoms with Crippen molar-refractivity contribution in [3.8, 4) is 11.8 Å². The molecule has 0 bridgehead atoms. The second kappa shape index (κ2) is 10.1. The Morgan fingerprint density at radius 1 is 1.21 bits per heavy atom. The summed E-state index contributed by atoms with van der Waals surface area (Å²) in [6.07, 6.45) is 3.66. The van der Waals surface area contributed by atoms with Gasteiger partial charge in [0.2, 0.25) is 5.13 Å². The molecule has 0 saturated heterocycles. The number of amides is 1.